The molecule has 1 saturated carbocycles. The number of carbonyl (C=O) groups is 1. The van der Waals surface area contributed by atoms with E-state index in [1.165, 1.54) is 6.07 Å². The number of benzene rings is 2. The third-order valence-corrected chi connectivity index (χ3v) is 5.32. The molecule has 8 nitrogen and oxygen atoms in total. The number of aromatic amines is 1. The van der Waals surface area contributed by atoms with Crippen LogP contribution >= 0.6 is 0 Å². The topological polar surface area (TPSA) is 110 Å². The number of amides is 1. The first-order chi connectivity index (χ1) is 15.5. The molecule has 5 rings (SSSR count). The van der Waals surface area contributed by atoms with Crippen LogP contribution in [0.4, 0.5) is 10.1 Å². The monoisotopic (exact) mass is 432 g/mol. The Labute approximate surface area is 183 Å². The van der Waals surface area contributed by atoms with E-state index in [-0.39, 0.29) is 18.1 Å². The van der Waals surface area contributed by atoms with Gasteiger partial charge in [-0.05, 0) is 55.7 Å². The molecule has 0 bridgehead atoms. The normalized spacial score (nSPS) is 13.3. The van der Waals surface area contributed by atoms with Crippen molar-refractivity contribution in [2.24, 2.45) is 0 Å². The number of nitrogens with zero attached hydrogens (tertiary/aromatic N) is 4. The summed E-state index contributed by atoms with van der Waals surface area (Å²) in [6, 6.07) is 12.0. The Kier molecular flexibility index (Phi) is 5.22. The first-order valence-corrected chi connectivity index (χ1v) is 10.5. The fraction of sp³-hybridized carbons (Fsp3) is 0.261. The lowest BCUT2D eigenvalue weighted by Gasteiger charge is -2.05. The summed E-state index contributed by atoms with van der Waals surface area (Å²) in [5.74, 6) is 2.29. The van der Waals surface area contributed by atoms with Crippen LogP contribution in [0.15, 0.2) is 47.0 Å². The Morgan fingerprint density at radius 2 is 2.00 bits per heavy atom. The van der Waals surface area contributed by atoms with Crippen molar-refractivity contribution in [2.75, 3.05) is 5.32 Å². The van der Waals surface area contributed by atoms with Gasteiger partial charge >= 0.3 is 0 Å². The Morgan fingerprint density at radius 1 is 1.16 bits per heavy atom. The van der Waals surface area contributed by atoms with Crippen molar-refractivity contribution in [2.45, 2.75) is 38.5 Å². The molecule has 1 aliphatic rings. The van der Waals surface area contributed by atoms with Crippen molar-refractivity contribution in [1.29, 1.82) is 0 Å². The Hall–Kier alpha value is -3.88. The van der Waals surface area contributed by atoms with E-state index in [9.17, 15) is 9.18 Å². The molecule has 9 heteroatoms. The predicted octanol–water partition coefficient (Wildman–Crippen LogP) is 4.42. The second-order valence-electron chi connectivity index (χ2n) is 7.92. The molecule has 1 aliphatic carbocycles. The molecule has 2 aromatic heterocycles. The molecule has 1 amide bonds. The standard InChI is InChI=1S/C23H21FN6O2/c1-13-11-16(7-8-18(13)24)23-26-20(32-30-23)10-9-19(31)25-17-4-2-3-15(12-17)22-27-21(28-29-22)14-5-6-14/h2-4,7-8,11-12,14H,5-6,9-10H2,1H3,(H,25,31)(H,27,28,29). The van der Waals surface area contributed by atoms with E-state index < -0.39 is 0 Å². The Bertz CT molecular complexity index is 1280. The van der Waals surface area contributed by atoms with E-state index in [2.05, 4.69) is 30.6 Å². The number of aryl methyl sites for hydroxylation is 2. The number of halogens is 1. The molecule has 162 valence electrons. The van der Waals surface area contributed by atoms with Crippen molar-refractivity contribution in [1.82, 2.24) is 25.3 Å². The fourth-order valence-corrected chi connectivity index (χ4v) is 3.38. The van der Waals surface area contributed by atoms with Gasteiger partial charge in [0.05, 0.1) is 0 Å². The maximum Gasteiger partial charge on any atom is 0.227 e. The highest BCUT2D eigenvalue weighted by Gasteiger charge is 2.27. The molecule has 1 fully saturated rings. The zero-order valence-corrected chi connectivity index (χ0v) is 17.4. The van der Waals surface area contributed by atoms with Gasteiger partial charge < -0.3 is 9.84 Å². The van der Waals surface area contributed by atoms with E-state index in [1.54, 1.807) is 19.1 Å². The minimum atomic E-state index is -0.287. The second kappa shape index (κ2) is 8.33. The maximum absolute atomic E-state index is 13.4. The zero-order chi connectivity index (χ0) is 22.1. The van der Waals surface area contributed by atoms with Crippen LogP contribution in [0.25, 0.3) is 22.8 Å². The first-order valence-electron chi connectivity index (χ1n) is 10.5. The van der Waals surface area contributed by atoms with Crippen LogP contribution < -0.4 is 5.32 Å². The molecule has 2 N–H and O–H groups in total. The molecule has 0 spiro atoms. The highest BCUT2D eigenvalue weighted by Crippen LogP contribution is 2.38. The summed E-state index contributed by atoms with van der Waals surface area (Å²) in [5.41, 5.74) is 2.67. The SMILES string of the molecule is Cc1cc(-c2noc(CCC(=O)Nc3cccc(-c4n[nH]c(C5CC5)n4)c3)n2)ccc1F. The Morgan fingerprint density at radius 3 is 2.81 bits per heavy atom. The number of rotatable bonds is 7. The number of hydrogen-bond acceptors (Lipinski definition) is 6. The van der Waals surface area contributed by atoms with Gasteiger partial charge in [-0.15, -0.1) is 0 Å². The van der Waals surface area contributed by atoms with Crippen LogP contribution in [0.1, 0.15) is 42.5 Å². The second-order valence-corrected chi connectivity index (χ2v) is 7.92. The van der Waals surface area contributed by atoms with Crippen LogP contribution in [0.3, 0.4) is 0 Å². The summed E-state index contributed by atoms with van der Waals surface area (Å²) in [5, 5.41) is 14.1. The summed E-state index contributed by atoms with van der Waals surface area (Å²) in [6.07, 6.45) is 2.77. The van der Waals surface area contributed by atoms with Crippen molar-refractivity contribution < 1.29 is 13.7 Å². The highest BCUT2D eigenvalue weighted by atomic mass is 19.1. The lowest BCUT2D eigenvalue weighted by Crippen LogP contribution is -2.12. The van der Waals surface area contributed by atoms with Crippen molar-refractivity contribution in [3.05, 3.63) is 65.6 Å². The zero-order valence-electron chi connectivity index (χ0n) is 17.4. The first kappa shape index (κ1) is 20.0. The Balaban J connectivity index is 1.19. The van der Waals surface area contributed by atoms with Gasteiger partial charge in [0.15, 0.2) is 5.82 Å². The number of hydrogen-bond donors (Lipinski definition) is 2. The van der Waals surface area contributed by atoms with Crippen LogP contribution in [0.2, 0.25) is 0 Å². The van der Waals surface area contributed by atoms with Gasteiger partial charge in [0.1, 0.15) is 11.6 Å². The van der Waals surface area contributed by atoms with Gasteiger partial charge in [-0.3, -0.25) is 9.89 Å². The van der Waals surface area contributed by atoms with E-state index in [0.29, 0.717) is 46.7 Å². The van der Waals surface area contributed by atoms with Gasteiger partial charge in [-0.1, -0.05) is 17.3 Å². The smallest absolute Gasteiger partial charge is 0.227 e. The molecule has 0 saturated heterocycles. The maximum atomic E-state index is 13.4. The van der Waals surface area contributed by atoms with Crippen LogP contribution in [0.5, 0.6) is 0 Å². The van der Waals surface area contributed by atoms with Crippen molar-refractivity contribution in [3.8, 4) is 22.8 Å². The van der Waals surface area contributed by atoms with Gasteiger partial charge in [0.25, 0.3) is 0 Å². The van der Waals surface area contributed by atoms with Crippen molar-refractivity contribution in [3.63, 3.8) is 0 Å². The van der Waals surface area contributed by atoms with E-state index in [4.69, 9.17) is 4.52 Å². The summed E-state index contributed by atoms with van der Waals surface area (Å²) in [4.78, 5) is 21.3. The number of carbonyl (C=O) groups excluding carboxylic acids is 1. The average Bonchev–Trinajstić information content (AvgIpc) is 3.32. The lowest BCUT2D eigenvalue weighted by molar-refractivity contribution is -0.116. The molecule has 2 aromatic carbocycles. The summed E-state index contributed by atoms with van der Waals surface area (Å²) < 4.78 is 18.7. The molecule has 0 aliphatic heterocycles. The summed E-state index contributed by atoms with van der Waals surface area (Å²) >= 11 is 0. The molecule has 0 atom stereocenters. The molecule has 0 unspecified atom stereocenters. The predicted molar refractivity (Wildman–Crippen MR) is 115 cm³/mol. The minimum absolute atomic E-state index is 0.173. The van der Waals surface area contributed by atoms with E-state index in [0.717, 1.165) is 24.2 Å². The molecule has 4 aromatic rings. The molecule has 2 heterocycles. The molecular weight excluding hydrogens is 411 g/mol. The van der Waals surface area contributed by atoms with E-state index in [1.807, 2.05) is 24.3 Å². The summed E-state index contributed by atoms with van der Waals surface area (Å²) in [6.45, 7) is 1.67. The molecule has 32 heavy (non-hydrogen) atoms. The number of aromatic nitrogens is 5. The molecular formula is C23H21FN6O2. The van der Waals surface area contributed by atoms with E-state index >= 15 is 0 Å². The highest BCUT2D eigenvalue weighted by molar-refractivity contribution is 5.91. The van der Waals surface area contributed by atoms with Crippen LogP contribution in [0, 0.1) is 12.7 Å². The fourth-order valence-electron chi connectivity index (χ4n) is 3.38. The quantitative estimate of drug-likeness (QED) is 0.447. The van der Waals surface area contributed by atoms with Gasteiger partial charge in [0.2, 0.25) is 17.6 Å². The third kappa shape index (κ3) is 4.41. The average molecular weight is 432 g/mol. The third-order valence-electron chi connectivity index (χ3n) is 5.32. The largest absolute Gasteiger partial charge is 0.339 e. The van der Waals surface area contributed by atoms with Crippen LogP contribution in [-0.4, -0.2) is 31.2 Å². The lowest BCUT2D eigenvalue weighted by atomic mass is 10.1. The summed E-state index contributed by atoms with van der Waals surface area (Å²) in [7, 11) is 0. The minimum Gasteiger partial charge on any atom is -0.339 e. The van der Waals surface area contributed by atoms with Crippen molar-refractivity contribution >= 4 is 11.6 Å². The van der Waals surface area contributed by atoms with Gasteiger partial charge in [-0.25, -0.2) is 9.37 Å². The molecule has 0 radical (unpaired) electrons. The number of H-pyrrole nitrogens is 1. The van der Waals surface area contributed by atoms with Gasteiger partial charge in [0, 0.05) is 35.6 Å². The van der Waals surface area contributed by atoms with Crippen LogP contribution in [-0.2, 0) is 11.2 Å². The van der Waals surface area contributed by atoms with Gasteiger partial charge in [-0.2, -0.15) is 10.1 Å². The number of nitrogens with one attached hydrogen (secondary N) is 2. The number of anilines is 1.